The molecule has 3 heteroatoms. The van der Waals surface area contributed by atoms with Crippen molar-refractivity contribution < 1.29 is 9.90 Å². The van der Waals surface area contributed by atoms with E-state index < -0.39 is 6.10 Å². The lowest BCUT2D eigenvalue weighted by atomic mass is 10.0. The number of aliphatic hydroxyl groups is 1. The molecule has 2 atom stereocenters. The molecule has 74 valence electrons. The second-order valence-electron chi connectivity index (χ2n) is 3.64. The molecule has 14 heavy (non-hydrogen) atoms. The number of benzene rings is 1. The lowest BCUT2D eigenvalue weighted by Crippen LogP contribution is -2.33. The van der Waals surface area contributed by atoms with Crippen LogP contribution in [0.3, 0.4) is 0 Å². The maximum atomic E-state index is 11.0. The van der Waals surface area contributed by atoms with Crippen molar-refractivity contribution in [3.05, 3.63) is 35.9 Å². The molecule has 3 nitrogen and oxygen atoms in total. The third-order valence-corrected chi connectivity index (χ3v) is 2.50. The van der Waals surface area contributed by atoms with Crippen LogP contribution in [0.4, 0.5) is 0 Å². The fourth-order valence-corrected chi connectivity index (χ4v) is 1.75. The molecule has 1 fully saturated rings. The number of carbonyl (C=O) groups excluding carboxylic acids is 1. The molecule has 0 saturated carbocycles. The maximum absolute atomic E-state index is 11.0. The van der Waals surface area contributed by atoms with Crippen LogP contribution in [-0.2, 0) is 11.2 Å². The highest BCUT2D eigenvalue weighted by atomic mass is 16.3. The van der Waals surface area contributed by atoms with Crippen molar-refractivity contribution in [1.82, 2.24) is 5.32 Å². The Bertz CT molecular complexity index is 323. The van der Waals surface area contributed by atoms with Crippen LogP contribution in [0.5, 0.6) is 0 Å². The summed E-state index contributed by atoms with van der Waals surface area (Å²) < 4.78 is 0. The van der Waals surface area contributed by atoms with E-state index in [1.807, 2.05) is 30.3 Å². The average Bonchev–Trinajstić information content (AvgIpc) is 2.47. The summed E-state index contributed by atoms with van der Waals surface area (Å²) in [7, 11) is 0. The van der Waals surface area contributed by atoms with Gasteiger partial charge in [-0.05, 0) is 12.0 Å². The molecule has 1 aliphatic rings. The number of aliphatic hydroxyl groups excluding tert-OH is 1. The highest BCUT2D eigenvalue weighted by Gasteiger charge is 2.30. The van der Waals surface area contributed by atoms with Gasteiger partial charge in [0, 0.05) is 0 Å². The molecular formula is C11H13NO2. The van der Waals surface area contributed by atoms with Crippen molar-refractivity contribution in [1.29, 1.82) is 0 Å². The minimum atomic E-state index is -0.539. The third-order valence-electron chi connectivity index (χ3n) is 2.50. The van der Waals surface area contributed by atoms with E-state index in [0.29, 0.717) is 6.42 Å². The zero-order valence-electron chi connectivity index (χ0n) is 7.81. The lowest BCUT2D eigenvalue weighted by Gasteiger charge is -2.13. The SMILES string of the molecule is O=C1C[C@H](O)[C@H](Cc2ccccc2)N1. The lowest BCUT2D eigenvalue weighted by molar-refractivity contribution is -0.119. The number of rotatable bonds is 2. The Hall–Kier alpha value is -1.35. The Morgan fingerprint density at radius 3 is 2.64 bits per heavy atom. The van der Waals surface area contributed by atoms with E-state index in [1.54, 1.807) is 0 Å². The second kappa shape index (κ2) is 3.80. The molecular weight excluding hydrogens is 178 g/mol. The monoisotopic (exact) mass is 191 g/mol. The Morgan fingerprint density at radius 2 is 2.07 bits per heavy atom. The van der Waals surface area contributed by atoms with Gasteiger partial charge in [0.1, 0.15) is 0 Å². The topological polar surface area (TPSA) is 49.3 Å². The van der Waals surface area contributed by atoms with Crippen LogP contribution in [0.2, 0.25) is 0 Å². The number of carbonyl (C=O) groups is 1. The van der Waals surface area contributed by atoms with E-state index in [-0.39, 0.29) is 18.4 Å². The molecule has 1 aromatic carbocycles. The summed E-state index contributed by atoms with van der Waals surface area (Å²) in [5.74, 6) is -0.0570. The molecule has 0 aromatic heterocycles. The van der Waals surface area contributed by atoms with Crippen LogP contribution in [0.25, 0.3) is 0 Å². The summed E-state index contributed by atoms with van der Waals surface area (Å²) in [5.41, 5.74) is 1.14. The summed E-state index contributed by atoms with van der Waals surface area (Å²) in [6, 6.07) is 9.74. The van der Waals surface area contributed by atoms with E-state index in [2.05, 4.69) is 5.32 Å². The van der Waals surface area contributed by atoms with Gasteiger partial charge in [-0.3, -0.25) is 4.79 Å². The summed E-state index contributed by atoms with van der Waals surface area (Å²) >= 11 is 0. The Balaban J connectivity index is 2.02. The molecule has 0 unspecified atom stereocenters. The molecule has 1 amide bonds. The first kappa shape index (κ1) is 9.21. The molecule has 1 aliphatic heterocycles. The van der Waals surface area contributed by atoms with E-state index in [4.69, 9.17) is 0 Å². The first-order chi connectivity index (χ1) is 6.75. The van der Waals surface area contributed by atoms with Crippen molar-refractivity contribution in [2.45, 2.75) is 25.0 Å². The largest absolute Gasteiger partial charge is 0.390 e. The molecule has 1 heterocycles. The van der Waals surface area contributed by atoms with E-state index in [1.165, 1.54) is 0 Å². The quantitative estimate of drug-likeness (QED) is 0.714. The normalized spacial score (nSPS) is 26.2. The molecule has 1 aromatic rings. The van der Waals surface area contributed by atoms with E-state index in [9.17, 15) is 9.90 Å². The second-order valence-corrected chi connectivity index (χ2v) is 3.64. The summed E-state index contributed by atoms with van der Waals surface area (Å²) in [6.45, 7) is 0. The van der Waals surface area contributed by atoms with Gasteiger partial charge in [-0.15, -0.1) is 0 Å². The highest BCUT2D eigenvalue weighted by Crippen LogP contribution is 2.13. The first-order valence-electron chi connectivity index (χ1n) is 4.77. The summed E-state index contributed by atoms with van der Waals surface area (Å²) in [6.07, 6.45) is 0.397. The Labute approximate surface area is 82.8 Å². The van der Waals surface area contributed by atoms with Crippen LogP contribution in [0, 0.1) is 0 Å². The minimum absolute atomic E-state index is 0.0570. The van der Waals surface area contributed by atoms with Crippen molar-refractivity contribution in [2.75, 3.05) is 0 Å². The van der Waals surface area contributed by atoms with Crippen LogP contribution >= 0.6 is 0 Å². The minimum Gasteiger partial charge on any atom is -0.390 e. The predicted octanol–water partition coefficient (Wildman–Crippen LogP) is 0.478. The first-order valence-corrected chi connectivity index (χ1v) is 4.77. The van der Waals surface area contributed by atoms with Crippen molar-refractivity contribution in [3.63, 3.8) is 0 Å². The predicted molar refractivity (Wildman–Crippen MR) is 52.7 cm³/mol. The van der Waals surface area contributed by atoms with Crippen LogP contribution in [0.1, 0.15) is 12.0 Å². The highest BCUT2D eigenvalue weighted by molar-refractivity contribution is 5.79. The van der Waals surface area contributed by atoms with Gasteiger partial charge in [-0.25, -0.2) is 0 Å². The van der Waals surface area contributed by atoms with E-state index in [0.717, 1.165) is 5.56 Å². The molecule has 1 saturated heterocycles. The van der Waals surface area contributed by atoms with Gasteiger partial charge in [-0.2, -0.15) is 0 Å². The third kappa shape index (κ3) is 1.93. The number of amides is 1. The van der Waals surface area contributed by atoms with Gasteiger partial charge in [0.25, 0.3) is 0 Å². The van der Waals surface area contributed by atoms with Crippen molar-refractivity contribution >= 4 is 5.91 Å². The van der Waals surface area contributed by atoms with Gasteiger partial charge < -0.3 is 10.4 Å². The Morgan fingerprint density at radius 1 is 1.36 bits per heavy atom. The fourth-order valence-electron chi connectivity index (χ4n) is 1.75. The van der Waals surface area contributed by atoms with Crippen molar-refractivity contribution in [2.24, 2.45) is 0 Å². The molecule has 2 N–H and O–H groups in total. The van der Waals surface area contributed by atoms with Crippen LogP contribution in [-0.4, -0.2) is 23.2 Å². The number of hydrogen-bond donors (Lipinski definition) is 2. The van der Waals surface area contributed by atoms with Gasteiger partial charge >= 0.3 is 0 Å². The molecule has 0 bridgehead atoms. The number of hydrogen-bond acceptors (Lipinski definition) is 2. The summed E-state index contributed by atoms with van der Waals surface area (Å²) in [5, 5.41) is 12.3. The number of nitrogens with one attached hydrogen (secondary N) is 1. The van der Waals surface area contributed by atoms with E-state index >= 15 is 0 Å². The van der Waals surface area contributed by atoms with Crippen LogP contribution in [0.15, 0.2) is 30.3 Å². The smallest absolute Gasteiger partial charge is 0.223 e. The molecule has 0 aliphatic carbocycles. The zero-order valence-corrected chi connectivity index (χ0v) is 7.81. The van der Waals surface area contributed by atoms with Gasteiger partial charge in [-0.1, -0.05) is 30.3 Å². The fraction of sp³-hybridized carbons (Fsp3) is 0.364. The molecule has 0 radical (unpaired) electrons. The summed E-state index contributed by atoms with van der Waals surface area (Å²) in [4.78, 5) is 11.0. The average molecular weight is 191 g/mol. The maximum Gasteiger partial charge on any atom is 0.223 e. The van der Waals surface area contributed by atoms with Gasteiger partial charge in [0.05, 0.1) is 18.6 Å². The van der Waals surface area contributed by atoms with Gasteiger partial charge in [0.2, 0.25) is 5.91 Å². The molecule has 2 rings (SSSR count). The molecule has 0 spiro atoms. The standard InChI is InChI=1S/C11H13NO2/c13-10-7-11(14)12-9(10)6-8-4-2-1-3-5-8/h1-5,9-10,13H,6-7H2,(H,12,14)/t9-,10-/m0/s1. The van der Waals surface area contributed by atoms with Crippen molar-refractivity contribution in [3.8, 4) is 0 Å². The zero-order chi connectivity index (χ0) is 9.97. The Kier molecular flexibility index (Phi) is 2.50. The van der Waals surface area contributed by atoms with Crippen LogP contribution < -0.4 is 5.32 Å². The van der Waals surface area contributed by atoms with Gasteiger partial charge in [0.15, 0.2) is 0 Å².